The SMILES string of the molecule is CC(C)(C)c1cc(-c2cc3cc(-c4cccc5c4oc4ccccc45)ncc3s2)cc(C(C)(C)C)c1. The Balaban J connectivity index is 1.49. The average Bonchev–Trinajstić information content (AvgIpc) is 3.43. The predicted molar refractivity (Wildman–Crippen MR) is 155 cm³/mol. The first-order valence-corrected chi connectivity index (χ1v) is 13.4. The van der Waals surface area contributed by atoms with Gasteiger partial charge in [-0.25, -0.2) is 0 Å². The summed E-state index contributed by atoms with van der Waals surface area (Å²) < 4.78 is 7.48. The van der Waals surface area contributed by atoms with E-state index in [1.54, 1.807) is 0 Å². The number of para-hydroxylation sites is 2. The zero-order valence-electron chi connectivity index (χ0n) is 21.8. The van der Waals surface area contributed by atoms with Crippen molar-refractivity contribution in [1.29, 1.82) is 0 Å². The number of furan rings is 1. The molecule has 0 bridgehead atoms. The van der Waals surface area contributed by atoms with E-state index in [4.69, 9.17) is 9.40 Å². The molecule has 3 aromatic carbocycles. The Labute approximate surface area is 216 Å². The zero-order valence-corrected chi connectivity index (χ0v) is 22.6. The van der Waals surface area contributed by atoms with Gasteiger partial charge in [0.1, 0.15) is 11.2 Å². The fraction of sp³-hybridized carbons (Fsp3) is 0.242. The van der Waals surface area contributed by atoms with Gasteiger partial charge >= 0.3 is 0 Å². The van der Waals surface area contributed by atoms with E-state index in [2.05, 4.69) is 102 Å². The fourth-order valence-electron chi connectivity index (χ4n) is 4.82. The number of hydrogen-bond donors (Lipinski definition) is 0. The largest absolute Gasteiger partial charge is 0.455 e. The van der Waals surface area contributed by atoms with Gasteiger partial charge in [-0.05, 0) is 69.3 Å². The average molecular weight is 490 g/mol. The molecule has 0 spiro atoms. The molecule has 3 heterocycles. The molecule has 180 valence electrons. The van der Waals surface area contributed by atoms with Gasteiger partial charge in [-0.15, -0.1) is 11.3 Å². The molecule has 0 fully saturated rings. The lowest BCUT2D eigenvalue weighted by molar-refractivity contribution is 0.569. The predicted octanol–water partition coefficient (Wildman–Crippen LogP) is 10.1. The van der Waals surface area contributed by atoms with Crippen LogP contribution in [0.4, 0.5) is 0 Å². The molecule has 0 atom stereocenters. The monoisotopic (exact) mass is 489 g/mol. The van der Waals surface area contributed by atoms with Crippen LogP contribution in [0.1, 0.15) is 52.7 Å². The van der Waals surface area contributed by atoms with E-state index in [0.717, 1.165) is 33.2 Å². The number of benzene rings is 3. The molecule has 6 aromatic rings. The lowest BCUT2D eigenvalue weighted by Gasteiger charge is -2.26. The Morgan fingerprint density at radius 2 is 1.42 bits per heavy atom. The molecule has 0 aliphatic rings. The molecule has 2 nitrogen and oxygen atoms in total. The van der Waals surface area contributed by atoms with Gasteiger partial charge in [0.2, 0.25) is 0 Å². The maximum atomic E-state index is 6.28. The Morgan fingerprint density at radius 3 is 2.14 bits per heavy atom. The number of aromatic nitrogens is 1. The van der Waals surface area contributed by atoms with Crippen LogP contribution in [-0.2, 0) is 10.8 Å². The van der Waals surface area contributed by atoms with E-state index in [0.29, 0.717) is 0 Å². The lowest BCUT2D eigenvalue weighted by atomic mass is 9.79. The highest BCUT2D eigenvalue weighted by Crippen LogP contribution is 2.40. The summed E-state index contributed by atoms with van der Waals surface area (Å²) in [4.78, 5) is 6.15. The molecule has 0 radical (unpaired) electrons. The summed E-state index contributed by atoms with van der Waals surface area (Å²) in [6, 6.07) is 26.2. The maximum Gasteiger partial charge on any atom is 0.144 e. The Hall–Kier alpha value is -3.43. The molecule has 36 heavy (non-hydrogen) atoms. The number of pyridine rings is 1. The Morgan fingerprint density at radius 1 is 0.722 bits per heavy atom. The van der Waals surface area contributed by atoms with Crippen LogP contribution in [0, 0.1) is 0 Å². The van der Waals surface area contributed by atoms with Crippen LogP contribution in [0.15, 0.2) is 83.4 Å². The van der Waals surface area contributed by atoms with Crippen LogP contribution in [0.25, 0.3) is 53.7 Å². The van der Waals surface area contributed by atoms with Crippen LogP contribution < -0.4 is 0 Å². The van der Waals surface area contributed by atoms with Crippen LogP contribution in [0.3, 0.4) is 0 Å². The first-order valence-electron chi connectivity index (χ1n) is 12.5. The first kappa shape index (κ1) is 23.0. The summed E-state index contributed by atoms with van der Waals surface area (Å²) in [6.45, 7) is 13.7. The second kappa shape index (κ2) is 8.04. The van der Waals surface area contributed by atoms with Crippen molar-refractivity contribution in [2.24, 2.45) is 0 Å². The van der Waals surface area contributed by atoms with E-state index in [9.17, 15) is 0 Å². The van der Waals surface area contributed by atoms with Crippen molar-refractivity contribution >= 4 is 43.4 Å². The third kappa shape index (κ3) is 3.92. The van der Waals surface area contributed by atoms with E-state index in [1.807, 2.05) is 29.7 Å². The minimum Gasteiger partial charge on any atom is -0.455 e. The highest BCUT2D eigenvalue weighted by atomic mass is 32.1. The standard InChI is InChI=1S/C33H31NOS/c1-32(2,3)22-14-20(15-23(18-22)33(4,5)6)29-17-21-16-27(34-19-30(21)36-29)26-12-9-11-25-24-10-7-8-13-28(24)35-31(25)26/h7-19H,1-6H3. The molecule has 0 unspecified atom stereocenters. The van der Waals surface area contributed by atoms with Gasteiger partial charge in [-0.2, -0.15) is 0 Å². The fourth-order valence-corrected chi connectivity index (χ4v) is 5.82. The minimum absolute atomic E-state index is 0.0900. The summed E-state index contributed by atoms with van der Waals surface area (Å²) in [5.74, 6) is 0. The third-order valence-corrected chi connectivity index (χ3v) is 8.17. The van der Waals surface area contributed by atoms with E-state index >= 15 is 0 Å². The van der Waals surface area contributed by atoms with Crippen molar-refractivity contribution in [2.75, 3.05) is 0 Å². The van der Waals surface area contributed by atoms with Crippen molar-refractivity contribution in [1.82, 2.24) is 4.98 Å². The molecule has 6 rings (SSSR count). The lowest BCUT2D eigenvalue weighted by Crippen LogP contribution is -2.16. The van der Waals surface area contributed by atoms with E-state index in [1.165, 1.54) is 31.7 Å². The summed E-state index contributed by atoms with van der Waals surface area (Å²) in [5, 5.41) is 3.48. The van der Waals surface area contributed by atoms with Gasteiger partial charge in [0.05, 0.1) is 10.4 Å². The maximum absolute atomic E-state index is 6.28. The summed E-state index contributed by atoms with van der Waals surface area (Å²) in [6.07, 6.45) is 2.01. The van der Waals surface area contributed by atoms with Crippen molar-refractivity contribution in [3.63, 3.8) is 0 Å². The van der Waals surface area contributed by atoms with Crippen molar-refractivity contribution in [3.05, 3.63) is 90.1 Å². The number of hydrogen-bond acceptors (Lipinski definition) is 3. The second-order valence-corrected chi connectivity index (χ2v) is 12.9. The quantitative estimate of drug-likeness (QED) is 0.242. The van der Waals surface area contributed by atoms with Gasteiger partial charge in [0, 0.05) is 27.4 Å². The zero-order chi connectivity index (χ0) is 25.2. The molecule has 0 N–H and O–H groups in total. The van der Waals surface area contributed by atoms with E-state index < -0.39 is 0 Å². The summed E-state index contributed by atoms with van der Waals surface area (Å²) in [7, 11) is 0. The third-order valence-electron chi connectivity index (χ3n) is 7.03. The number of nitrogens with zero attached hydrogens (tertiary/aromatic N) is 1. The molecule has 0 saturated carbocycles. The van der Waals surface area contributed by atoms with Gasteiger partial charge in [-0.3, -0.25) is 4.98 Å². The highest BCUT2D eigenvalue weighted by molar-refractivity contribution is 7.22. The number of thiophene rings is 1. The first-order chi connectivity index (χ1) is 17.1. The van der Waals surface area contributed by atoms with Crippen LogP contribution in [0.5, 0.6) is 0 Å². The van der Waals surface area contributed by atoms with Crippen LogP contribution in [0.2, 0.25) is 0 Å². The summed E-state index contributed by atoms with van der Waals surface area (Å²) >= 11 is 1.81. The molecule has 0 aliphatic carbocycles. The van der Waals surface area contributed by atoms with Crippen molar-refractivity contribution in [2.45, 2.75) is 52.4 Å². The normalized spacial score (nSPS) is 12.7. The Bertz CT molecular complexity index is 1720. The van der Waals surface area contributed by atoms with Crippen LogP contribution in [-0.4, -0.2) is 4.98 Å². The molecule has 3 heteroatoms. The highest BCUT2D eigenvalue weighted by Gasteiger charge is 2.22. The molecule has 0 saturated heterocycles. The van der Waals surface area contributed by atoms with Crippen molar-refractivity contribution in [3.8, 4) is 21.7 Å². The Kier molecular flexibility index (Phi) is 5.14. The van der Waals surface area contributed by atoms with Crippen LogP contribution >= 0.6 is 11.3 Å². The smallest absolute Gasteiger partial charge is 0.144 e. The minimum atomic E-state index is 0.0900. The van der Waals surface area contributed by atoms with Gasteiger partial charge < -0.3 is 4.42 Å². The number of fused-ring (bicyclic) bond motifs is 4. The van der Waals surface area contributed by atoms with Gasteiger partial charge in [0.15, 0.2) is 0 Å². The van der Waals surface area contributed by atoms with Crippen molar-refractivity contribution < 1.29 is 4.42 Å². The number of rotatable bonds is 2. The molecule has 3 aromatic heterocycles. The molecule has 0 aliphatic heterocycles. The van der Waals surface area contributed by atoms with Gasteiger partial charge in [0.25, 0.3) is 0 Å². The molecular formula is C33H31NOS. The summed E-state index contributed by atoms with van der Waals surface area (Å²) in [5.41, 5.74) is 7.99. The second-order valence-electron chi connectivity index (χ2n) is 11.8. The molecule has 0 amide bonds. The van der Waals surface area contributed by atoms with Gasteiger partial charge in [-0.1, -0.05) is 77.9 Å². The molecular weight excluding hydrogens is 458 g/mol. The van der Waals surface area contributed by atoms with E-state index in [-0.39, 0.29) is 10.8 Å². The topological polar surface area (TPSA) is 26.0 Å².